The van der Waals surface area contributed by atoms with Crippen molar-refractivity contribution in [2.45, 2.75) is 12.3 Å². The van der Waals surface area contributed by atoms with E-state index in [2.05, 4.69) is 0 Å². The first-order valence-corrected chi connectivity index (χ1v) is 6.73. The predicted molar refractivity (Wildman–Crippen MR) is 80.7 cm³/mol. The molecule has 0 N–H and O–H groups in total. The highest BCUT2D eigenvalue weighted by Gasteiger charge is 2.24. The largest absolute Gasteiger partial charge is 0.269 e. The minimum absolute atomic E-state index is 0.0369. The number of hydrogen-bond donors (Lipinski definition) is 0. The molecule has 108 valence electrons. The molecule has 0 radical (unpaired) electrons. The second kappa shape index (κ2) is 7.01. The van der Waals surface area contributed by atoms with Crippen molar-refractivity contribution in [1.82, 2.24) is 0 Å². The lowest BCUT2D eigenvalue weighted by atomic mass is 9.83. The Hall–Kier alpha value is -3.18. The van der Waals surface area contributed by atoms with Gasteiger partial charge in [-0.3, -0.25) is 10.1 Å². The molecular weight excluding hydrogens is 278 g/mol. The molecular formula is C17H13N3O2. The lowest BCUT2D eigenvalue weighted by Crippen LogP contribution is -2.13. The highest BCUT2D eigenvalue weighted by Crippen LogP contribution is 2.30. The maximum atomic E-state index is 10.9. The van der Waals surface area contributed by atoms with Crippen LogP contribution in [0.3, 0.4) is 0 Å². The summed E-state index contributed by atoms with van der Waals surface area (Å²) >= 11 is 0. The highest BCUT2D eigenvalue weighted by atomic mass is 16.6. The Morgan fingerprint density at radius 1 is 1.05 bits per heavy atom. The Balaban J connectivity index is 2.41. The summed E-state index contributed by atoms with van der Waals surface area (Å²) in [6.07, 6.45) is 0.480. The summed E-state index contributed by atoms with van der Waals surface area (Å²) in [6.45, 7) is 0. The second-order valence-electron chi connectivity index (χ2n) is 4.88. The summed E-state index contributed by atoms with van der Waals surface area (Å²) in [5.74, 6) is -1.26. The average molecular weight is 291 g/mol. The number of nitro groups is 1. The van der Waals surface area contributed by atoms with Gasteiger partial charge in [-0.25, -0.2) is 0 Å². The van der Waals surface area contributed by atoms with Gasteiger partial charge in [-0.05, 0) is 17.5 Å². The Morgan fingerprint density at radius 2 is 1.73 bits per heavy atom. The van der Waals surface area contributed by atoms with Gasteiger partial charge in [-0.2, -0.15) is 10.5 Å². The van der Waals surface area contributed by atoms with E-state index in [-0.39, 0.29) is 5.69 Å². The second-order valence-corrected chi connectivity index (χ2v) is 4.88. The Labute approximate surface area is 128 Å². The first-order valence-electron chi connectivity index (χ1n) is 6.73. The first kappa shape index (κ1) is 15.2. The van der Waals surface area contributed by atoms with E-state index >= 15 is 0 Å². The molecule has 1 unspecified atom stereocenters. The van der Waals surface area contributed by atoms with Crippen molar-refractivity contribution in [2.24, 2.45) is 5.92 Å². The minimum Gasteiger partial charge on any atom is -0.258 e. The van der Waals surface area contributed by atoms with E-state index in [4.69, 9.17) is 0 Å². The Kier molecular flexibility index (Phi) is 4.85. The maximum Gasteiger partial charge on any atom is 0.269 e. The summed E-state index contributed by atoms with van der Waals surface area (Å²) < 4.78 is 0. The molecule has 5 heteroatoms. The Bertz CT molecular complexity index is 730. The molecule has 5 nitrogen and oxygen atoms in total. The van der Waals surface area contributed by atoms with Crippen LogP contribution in [0, 0.1) is 38.7 Å². The fourth-order valence-electron chi connectivity index (χ4n) is 2.37. The summed E-state index contributed by atoms with van der Waals surface area (Å²) in [7, 11) is 0. The zero-order valence-corrected chi connectivity index (χ0v) is 11.7. The molecule has 0 amide bonds. The fourth-order valence-corrected chi connectivity index (χ4v) is 2.37. The molecule has 0 saturated heterocycles. The van der Waals surface area contributed by atoms with Gasteiger partial charge >= 0.3 is 0 Å². The molecule has 2 rings (SSSR count). The summed E-state index contributed by atoms with van der Waals surface area (Å²) in [5.41, 5.74) is 1.57. The van der Waals surface area contributed by atoms with Crippen LogP contribution in [0.2, 0.25) is 0 Å². The topological polar surface area (TPSA) is 90.7 Å². The van der Waals surface area contributed by atoms with Gasteiger partial charge in [0.25, 0.3) is 5.69 Å². The lowest BCUT2D eigenvalue weighted by molar-refractivity contribution is -0.384. The van der Waals surface area contributed by atoms with Crippen molar-refractivity contribution >= 4 is 5.69 Å². The van der Waals surface area contributed by atoms with E-state index < -0.39 is 16.8 Å². The van der Waals surface area contributed by atoms with Crippen molar-refractivity contribution in [3.63, 3.8) is 0 Å². The standard InChI is InChI=1S/C17H13N3O2/c18-11-15(12-19)17(9-13-5-2-1-3-6-13)14-7-4-8-16(10-14)20(21)22/h1-8,10,15,17H,9H2. The fraction of sp³-hybridized carbons (Fsp3) is 0.176. The van der Waals surface area contributed by atoms with Crippen LogP contribution in [0.4, 0.5) is 5.69 Å². The van der Waals surface area contributed by atoms with Crippen LogP contribution >= 0.6 is 0 Å². The normalized spacial score (nSPS) is 11.4. The summed E-state index contributed by atoms with van der Waals surface area (Å²) in [6, 6.07) is 19.6. The molecule has 1 atom stereocenters. The smallest absolute Gasteiger partial charge is 0.258 e. The van der Waals surface area contributed by atoms with Crippen LogP contribution in [0.5, 0.6) is 0 Å². The van der Waals surface area contributed by atoms with Crippen molar-refractivity contribution in [2.75, 3.05) is 0 Å². The van der Waals surface area contributed by atoms with Crippen LogP contribution in [-0.2, 0) is 6.42 Å². The monoisotopic (exact) mass is 291 g/mol. The number of nitro benzene ring substituents is 1. The van der Waals surface area contributed by atoms with E-state index in [1.807, 2.05) is 42.5 Å². The maximum absolute atomic E-state index is 10.9. The number of rotatable bonds is 5. The van der Waals surface area contributed by atoms with Gasteiger partial charge in [-0.1, -0.05) is 42.5 Å². The Morgan fingerprint density at radius 3 is 2.32 bits per heavy atom. The third kappa shape index (κ3) is 3.47. The summed E-state index contributed by atoms with van der Waals surface area (Å²) in [5, 5.41) is 29.3. The number of non-ortho nitro benzene ring substituents is 1. The van der Waals surface area contributed by atoms with Gasteiger partial charge in [0.05, 0.1) is 17.1 Å². The molecule has 0 aliphatic heterocycles. The number of benzene rings is 2. The SMILES string of the molecule is N#CC(C#N)C(Cc1ccccc1)c1cccc([N+](=O)[O-])c1. The zero-order chi connectivity index (χ0) is 15.9. The highest BCUT2D eigenvalue weighted by molar-refractivity contribution is 5.38. The van der Waals surface area contributed by atoms with Crippen LogP contribution in [0.25, 0.3) is 0 Å². The molecule has 2 aromatic rings. The van der Waals surface area contributed by atoms with Crippen molar-refractivity contribution in [3.05, 3.63) is 75.8 Å². The molecule has 0 heterocycles. The van der Waals surface area contributed by atoms with Crippen molar-refractivity contribution < 1.29 is 4.92 Å². The van der Waals surface area contributed by atoms with Crippen LogP contribution in [0.1, 0.15) is 17.0 Å². The predicted octanol–water partition coefficient (Wildman–Crippen LogP) is 3.58. The van der Waals surface area contributed by atoms with E-state index in [9.17, 15) is 20.6 Å². The molecule has 0 saturated carbocycles. The minimum atomic E-state index is -0.859. The molecule has 0 bridgehead atoms. The van der Waals surface area contributed by atoms with Crippen LogP contribution in [0.15, 0.2) is 54.6 Å². The van der Waals surface area contributed by atoms with Gasteiger partial charge in [0, 0.05) is 18.1 Å². The van der Waals surface area contributed by atoms with Gasteiger partial charge in [0.15, 0.2) is 0 Å². The number of nitriles is 2. The first-order chi connectivity index (χ1) is 10.7. The zero-order valence-electron chi connectivity index (χ0n) is 11.7. The summed E-state index contributed by atoms with van der Waals surface area (Å²) in [4.78, 5) is 10.4. The van der Waals surface area contributed by atoms with Gasteiger partial charge < -0.3 is 0 Å². The van der Waals surface area contributed by atoms with E-state index in [1.54, 1.807) is 12.1 Å². The average Bonchev–Trinajstić information content (AvgIpc) is 2.56. The number of nitrogens with zero attached hydrogens (tertiary/aromatic N) is 3. The molecule has 0 fully saturated rings. The third-order valence-electron chi connectivity index (χ3n) is 3.49. The third-order valence-corrected chi connectivity index (χ3v) is 3.49. The van der Waals surface area contributed by atoms with Gasteiger partial charge in [0.1, 0.15) is 5.92 Å². The van der Waals surface area contributed by atoms with E-state index in [1.165, 1.54) is 12.1 Å². The quantitative estimate of drug-likeness (QED) is 0.621. The lowest BCUT2D eigenvalue weighted by Gasteiger charge is -2.18. The molecule has 0 aliphatic rings. The van der Waals surface area contributed by atoms with E-state index in [0.717, 1.165) is 5.56 Å². The molecule has 2 aromatic carbocycles. The molecule has 22 heavy (non-hydrogen) atoms. The van der Waals surface area contributed by atoms with Crippen LogP contribution < -0.4 is 0 Å². The van der Waals surface area contributed by atoms with Crippen LogP contribution in [-0.4, -0.2) is 4.92 Å². The van der Waals surface area contributed by atoms with Crippen molar-refractivity contribution in [1.29, 1.82) is 10.5 Å². The van der Waals surface area contributed by atoms with E-state index in [0.29, 0.717) is 12.0 Å². The molecule has 0 spiro atoms. The van der Waals surface area contributed by atoms with Gasteiger partial charge in [-0.15, -0.1) is 0 Å². The molecule has 0 aromatic heterocycles. The van der Waals surface area contributed by atoms with Gasteiger partial charge in [0.2, 0.25) is 0 Å². The number of hydrogen-bond acceptors (Lipinski definition) is 4. The molecule has 0 aliphatic carbocycles. The van der Waals surface area contributed by atoms with Crippen molar-refractivity contribution in [3.8, 4) is 12.1 Å².